The van der Waals surface area contributed by atoms with Crippen LogP contribution in [0.3, 0.4) is 0 Å². The zero-order valence-corrected chi connectivity index (χ0v) is 32.3. The first-order chi connectivity index (χ1) is 19.8. The van der Waals surface area contributed by atoms with E-state index in [1.807, 2.05) is 0 Å². The molecular weight excluding hydrogens is 621 g/mol. The average molecular weight is 683 g/mol. The van der Waals surface area contributed by atoms with Crippen LogP contribution in [0.1, 0.15) is 113 Å². The second kappa shape index (κ2) is 36.2. The number of rotatable bonds is 19. The van der Waals surface area contributed by atoms with E-state index in [0.29, 0.717) is 6.42 Å². The Hall–Kier alpha value is -1.24. The third-order valence-corrected chi connectivity index (χ3v) is 5.67. The molecule has 1 atom stereocenters. The van der Waals surface area contributed by atoms with Crippen molar-refractivity contribution in [2.24, 2.45) is 0 Å². The largest absolute Gasteiger partial charge is 1.00 e. The number of phosphoric acid groups is 1. The van der Waals surface area contributed by atoms with E-state index >= 15 is 0 Å². The number of carbonyl (C=O) groups excluding carboxylic acids is 2. The Kier molecular flexibility index (Phi) is 40.9. The van der Waals surface area contributed by atoms with Crippen molar-refractivity contribution in [3.63, 3.8) is 0 Å². The smallest absolute Gasteiger partial charge is 0.790 e. The molecule has 0 heterocycles. The van der Waals surface area contributed by atoms with Gasteiger partial charge < -0.3 is 28.3 Å². The van der Waals surface area contributed by atoms with Crippen LogP contribution in [0.15, 0.2) is 0 Å². The second-order valence-corrected chi connectivity index (χ2v) is 9.87. The number of hydrogen-bond donors (Lipinski definition) is 0. The Labute approximate surface area is 331 Å². The Bertz CT molecular complexity index is 1270. The van der Waals surface area contributed by atoms with Crippen LogP contribution in [0, 0.1) is 71.0 Å². The molecule has 0 saturated heterocycles. The van der Waals surface area contributed by atoms with Crippen LogP contribution in [-0.4, -0.2) is 31.3 Å². The van der Waals surface area contributed by atoms with E-state index < -0.39 is 39.1 Å². The van der Waals surface area contributed by atoms with Crippen LogP contribution in [0.5, 0.6) is 0 Å². The molecule has 250 valence electrons. The average Bonchev–Trinajstić information content (AvgIpc) is 2.93. The van der Waals surface area contributed by atoms with Gasteiger partial charge in [0.15, 0.2) is 6.10 Å². The molecule has 0 fully saturated rings. The van der Waals surface area contributed by atoms with Crippen LogP contribution in [0.25, 0.3) is 0 Å². The molecule has 0 saturated carbocycles. The van der Waals surface area contributed by atoms with Gasteiger partial charge in [0.25, 0.3) is 0 Å². The summed E-state index contributed by atoms with van der Waals surface area (Å²) in [7, 11) is -5.31. The van der Waals surface area contributed by atoms with Crippen molar-refractivity contribution in [3.8, 4) is 71.0 Å². The van der Waals surface area contributed by atoms with Crippen LogP contribution >= 0.6 is 21.3 Å². The summed E-state index contributed by atoms with van der Waals surface area (Å²) in [6, 6.07) is 0. The summed E-state index contributed by atoms with van der Waals surface area (Å²) in [6.45, 7) is 2.53. The predicted octanol–water partition coefficient (Wildman–Crippen LogP) is 0.245. The maximum atomic E-state index is 12.2. The summed E-state index contributed by atoms with van der Waals surface area (Å²) in [6.07, 6.45) is 12.5. The Morgan fingerprint density at radius 1 is 0.705 bits per heavy atom. The fraction of sp³-hybridized carbons (Fsp3) is 0.562. The molecule has 0 rings (SSSR count). The molecule has 0 bridgehead atoms. The summed E-state index contributed by atoms with van der Waals surface area (Å²) in [5, 5.41) is 0. The molecule has 0 radical (unpaired) electrons. The molecule has 12 heteroatoms. The van der Waals surface area contributed by atoms with Gasteiger partial charge in [0.2, 0.25) is 0 Å². The van der Waals surface area contributed by atoms with Gasteiger partial charge in [0.05, 0.1) is 14.4 Å². The first-order valence-electron chi connectivity index (χ1n) is 13.7. The van der Waals surface area contributed by atoms with Crippen molar-refractivity contribution < 1.29 is 113 Å². The number of carbonyl (C=O) groups is 2. The van der Waals surface area contributed by atoms with E-state index in [4.69, 9.17) is 9.47 Å². The molecule has 0 aromatic carbocycles. The monoisotopic (exact) mass is 682 g/mol. The number of ether oxygens (including phenoxy) is 2. The molecule has 0 spiro atoms. The van der Waals surface area contributed by atoms with E-state index in [-0.39, 0.29) is 94.7 Å². The molecule has 0 aliphatic rings. The molecule has 0 aliphatic carbocycles. The van der Waals surface area contributed by atoms with Crippen molar-refractivity contribution >= 4 is 33.3 Å². The minimum atomic E-state index is -5.31. The van der Waals surface area contributed by atoms with E-state index in [1.54, 1.807) is 6.92 Å². The molecule has 8 nitrogen and oxygen atoms in total. The van der Waals surface area contributed by atoms with E-state index in [9.17, 15) is 23.9 Å². The van der Waals surface area contributed by atoms with Crippen molar-refractivity contribution in [1.29, 1.82) is 0 Å². The zero-order valence-electron chi connectivity index (χ0n) is 26.4. The SMILES string of the molecule is CC#CC#CC#CC#CC#CC#CC(=O)OC[C@H](COP(=O)([O-])[O-])OC(=O)CCCCCCCCCCCCCC.S.[HH].[HH].[HH].[HH].[HH].[HH].[HH].[HH].[HH].[HH].[HH].[Na+].[Na+]. The van der Waals surface area contributed by atoms with Gasteiger partial charge in [-0.05, 0) is 72.5 Å². The Balaban J connectivity index is -0.0000000879. The number of phosphoric ester groups is 1. The first kappa shape index (κ1) is 49.6. The molecule has 0 unspecified atom stereocenters. The van der Waals surface area contributed by atoms with E-state index in [1.165, 1.54) is 51.4 Å². The molecule has 0 aromatic heterocycles. The number of esters is 2. The molecule has 0 aromatic rings. The van der Waals surface area contributed by atoms with Gasteiger partial charge in [-0.25, -0.2) is 4.79 Å². The summed E-state index contributed by atoms with van der Waals surface area (Å²) in [5.41, 5.74) is 0. The second-order valence-electron chi connectivity index (χ2n) is 8.72. The van der Waals surface area contributed by atoms with Gasteiger partial charge in [-0.3, -0.25) is 4.79 Å². The van der Waals surface area contributed by atoms with Gasteiger partial charge >= 0.3 is 71.1 Å². The Morgan fingerprint density at radius 2 is 1.14 bits per heavy atom. The number of unbranched alkanes of at least 4 members (excludes halogenated alkanes) is 11. The third-order valence-electron chi connectivity index (χ3n) is 5.20. The van der Waals surface area contributed by atoms with Crippen LogP contribution in [0.2, 0.25) is 0 Å². The fourth-order valence-corrected chi connectivity index (χ4v) is 3.59. The van der Waals surface area contributed by atoms with Crippen molar-refractivity contribution in [1.82, 2.24) is 0 Å². The topological polar surface area (TPSA) is 125 Å². The van der Waals surface area contributed by atoms with Crippen LogP contribution in [-0.2, 0) is 28.2 Å². The van der Waals surface area contributed by atoms with E-state index in [0.717, 1.165) is 19.3 Å². The Morgan fingerprint density at radius 3 is 1.59 bits per heavy atom. The predicted molar refractivity (Wildman–Crippen MR) is 186 cm³/mol. The third kappa shape index (κ3) is 38.8. The molecule has 44 heavy (non-hydrogen) atoms. The van der Waals surface area contributed by atoms with Gasteiger partial charge in [-0.15, -0.1) is 0 Å². The quantitative estimate of drug-likeness (QED) is 0.0475. The first-order valence-corrected chi connectivity index (χ1v) is 15.2. The summed E-state index contributed by atoms with van der Waals surface area (Å²) in [4.78, 5) is 45.6. The zero-order chi connectivity index (χ0) is 30.4. The minimum Gasteiger partial charge on any atom is -0.790 e. The van der Waals surface area contributed by atoms with Crippen molar-refractivity contribution in [3.05, 3.63) is 0 Å². The van der Waals surface area contributed by atoms with Crippen LogP contribution < -0.4 is 68.9 Å². The van der Waals surface area contributed by atoms with Gasteiger partial charge in [-0.2, -0.15) is 13.5 Å². The minimum absolute atomic E-state index is 0. The molecule has 0 N–H and O–H groups in total. The van der Waals surface area contributed by atoms with Gasteiger partial charge in [-0.1, -0.05) is 83.5 Å². The van der Waals surface area contributed by atoms with E-state index in [2.05, 4.69) is 82.5 Å². The maximum absolute atomic E-state index is 12.2. The molecule has 0 amide bonds. The van der Waals surface area contributed by atoms with Gasteiger partial charge in [0.1, 0.15) is 6.61 Å². The summed E-state index contributed by atoms with van der Waals surface area (Å²) < 4.78 is 25.0. The molecule has 0 aliphatic heterocycles. The summed E-state index contributed by atoms with van der Waals surface area (Å²) >= 11 is 0. The van der Waals surface area contributed by atoms with Crippen LogP contribution in [0.4, 0.5) is 0 Å². The maximum Gasteiger partial charge on any atom is 1.00 e. The fourth-order valence-electron chi connectivity index (χ4n) is 3.25. The van der Waals surface area contributed by atoms with Crippen molar-refractivity contribution in [2.45, 2.75) is 103 Å². The standard InChI is InChI=1S/C32H39O8P.2Na.H2S.11H2/c1-3-5-7-9-11-13-15-17-19-21-23-25-27-32(34)40-30(29-39-41(35,36)37)28-38-31(33)26-24-22-20-18-16-14-12-10-8-6-4-2;;;;;;;;;;;;;;/h30H,3,5,7,9,11,13,15,17,19,21,23,25,27-29H2,1-2H3,(H2,35,36,37);;;1H2;11*1H/q;2*+1;;;;;;;;;;;;/p-2/t30-;;;;;;;;;;;;;;/m1............../s1. The molecular formula is C32H61Na2O8PS. The van der Waals surface area contributed by atoms with Gasteiger partial charge in [0, 0.05) is 28.0 Å². The number of hydrogen-bond acceptors (Lipinski definition) is 8. The normalized spacial score (nSPS) is 9.36. The summed E-state index contributed by atoms with van der Waals surface area (Å²) in [5.74, 6) is 27.1. The van der Waals surface area contributed by atoms with Crippen molar-refractivity contribution in [2.75, 3.05) is 13.2 Å².